The zero-order chi connectivity index (χ0) is 16.0. The van der Waals surface area contributed by atoms with Crippen LogP contribution in [0, 0.1) is 0 Å². The maximum Gasteiger partial charge on any atom is 0.306 e. The van der Waals surface area contributed by atoms with Crippen molar-refractivity contribution in [3.05, 3.63) is 71.8 Å². The Bertz CT molecular complexity index is 596. The van der Waals surface area contributed by atoms with Crippen LogP contribution in [0.5, 0.6) is 0 Å². The van der Waals surface area contributed by atoms with E-state index in [1.165, 1.54) is 0 Å². The summed E-state index contributed by atoms with van der Waals surface area (Å²) in [6, 6.07) is 18.3. The van der Waals surface area contributed by atoms with Crippen LogP contribution in [0.2, 0.25) is 0 Å². The van der Waals surface area contributed by atoms with Crippen LogP contribution in [0.15, 0.2) is 60.7 Å². The lowest BCUT2D eigenvalue weighted by Crippen LogP contribution is -2.43. The van der Waals surface area contributed by atoms with E-state index in [-0.39, 0.29) is 12.4 Å². The number of carbonyl (C=O) groups excluding carboxylic acids is 1. The van der Waals surface area contributed by atoms with Gasteiger partial charge in [0.25, 0.3) is 0 Å². The lowest BCUT2D eigenvalue weighted by atomic mass is 9.82. The molecular weight excluding hydrogens is 278 g/mol. The minimum Gasteiger partial charge on any atom is -0.466 e. The highest BCUT2D eigenvalue weighted by Crippen LogP contribution is 2.35. The number of carbonyl (C=O) groups is 1. The van der Waals surface area contributed by atoms with Crippen LogP contribution in [0.25, 0.3) is 0 Å². The van der Waals surface area contributed by atoms with Crippen molar-refractivity contribution in [1.82, 2.24) is 0 Å². The van der Waals surface area contributed by atoms with Gasteiger partial charge >= 0.3 is 5.97 Å². The molecule has 0 heterocycles. The van der Waals surface area contributed by atoms with E-state index in [9.17, 15) is 9.90 Å². The Labute approximate surface area is 130 Å². The molecule has 0 spiro atoms. The second-order valence-corrected chi connectivity index (χ2v) is 5.16. The van der Waals surface area contributed by atoms with Gasteiger partial charge in [-0.3, -0.25) is 10.5 Å². The van der Waals surface area contributed by atoms with Crippen molar-refractivity contribution in [3.63, 3.8) is 0 Å². The van der Waals surface area contributed by atoms with Crippen LogP contribution in [0.4, 0.5) is 0 Å². The first-order valence-electron chi connectivity index (χ1n) is 7.33. The van der Waals surface area contributed by atoms with Gasteiger partial charge in [-0.25, -0.2) is 0 Å². The third-order valence-electron chi connectivity index (χ3n) is 3.65. The molecule has 0 fully saturated rings. The molecule has 4 heteroatoms. The monoisotopic (exact) mass is 299 g/mol. The smallest absolute Gasteiger partial charge is 0.306 e. The number of hydrogen-bond donors (Lipinski definition) is 2. The molecule has 0 saturated carbocycles. The van der Waals surface area contributed by atoms with Crippen molar-refractivity contribution < 1.29 is 14.6 Å². The van der Waals surface area contributed by atoms with Gasteiger partial charge in [0.1, 0.15) is 5.72 Å². The molecule has 0 aliphatic rings. The van der Waals surface area contributed by atoms with E-state index in [2.05, 4.69) is 0 Å². The summed E-state index contributed by atoms with van der Waals surface area (Å²) in [6.07, 6.45) is 0.0136. The Morgan fingerprint density at radius 2 is 1.68 bits per heavy atom. The standard InChI is InChI=1S/C18H21NO3/c1-2-22-17(20)13-16(14-9-5-3-6-10-14)18(19,21)15-11-7-4-8-12-15/h3-12,16,21H,2,13,19H2,1H3/t16-,18-/m1/s1. The van der Waals surface area contributed by atoms with Gasteiger partial charge in [0.2, 0.25) is 0 Å². The maximum atomic E-state index is 11.9. The molecule has 22 heavy (non-hydrogen) atoms. The van der Waals surface area contributed by atoms with E-state index in [1.54, 1.807) is 31.2 Å². The average molecular weight is 299 g/mol. The normalized spacial score (nSPS) is 14.9. The van der Waals surface area contributed by atoms with E-state index >= 15 is 0 Å². The van der Waals surface area contributed by atoms with Crippen molar-refractivity contribution >= 4 is 5.97 Å². The van der Waals surface area contributed by atoms with Crippen LogP contribution in [-0.4, -0.2) is 17.7 Å². The first-order chi connectivity index (χ1) is 10.6. The van der Waals surface area contributed by atoms with Crippen molar-refractivity contribution in [2.24, 2.45) is 5.73 Å². The number of hydrogen-bond acceptors (Lipinski definition) is 4. The van der Waals surface area contributed by atoms with Gasteiger partial charge in [-0.1, -0.05) is 60.7 Å². The number of rotatable bonds is 6. The van der Waals surface area contributed by atoms with Crippen LogP contribution in [0.3, 0.4) is 0 Å². The van der Waals surface area contributed by atoms with Gasteiger partial charge in [-0.15, -0.1) is 0 Å². The molecule has 4 nitrogen and oxygen atoms in total. The van der Waals surface area contributed by atoms with Gasteiger partial charge in [-0.2, -0.15) is 0 Å². The molecular formula is C18H21NO3. The predicted octanol–water partition coefficient (Wildman–Crippen LogP) is 2.53. The summed E-state index contributed by atoms with van der Waals surface area (Å²) in [5.74, 6) is -0.966. The first-order valence-corrected chi connectivity index (χ1v) is 7.33. The molecule has 0 unspecified atom stereocenters. The Morgan fingerprint density at radius 3 is 2.23 bits per heavy atom. The number of aliphatic hydroxyl groups is 1. The molecule has 0 aromatic heterocycles. The Balaban J connectivity index is 2.37. The second-order valence-electron chi connectivity index (χ2n) is 5.16. The third-order valence-corrected chi connectivity index (χ3v) is 3.65. The molecule has 2 aromatic carbocycles. The summed E-state index contributed by atoms with van der Waals surface area (Å²) in [5, 5.41) is 10.9. The van der Waals surface area contributed by atoms with E-state index in [1.807, 2.05) is 36.4 Å². The fourth-order valence-corrected chi connectivity index (χ4v) is 2.51. The molecule has 2 rings (SSSR count). The van der Waals surface area contributed by atoms with Crippen molar-refractivity contribution in [3.8, 4) is 0 Å². The quantitative estimate of drug-likeness (QED) is 0.635. The molecule has 0 radical (unpaired) electrons. The van der Waals surface area contributed by atoms with E-state index in [0.29, 0.717) is 12.2 Å². The minimum absolute atomic E-state index is 0.0136. The lowest BCUT2D eigenvalue weighted by Gasteiger charge is -2.33. The molecule has 0 saturated heterocycles. The minimum atomic E-state index is -1.66. The molecule has 0 bridgehead atoms. The van der Waals surface area contributed by atoms with Crippen LogP contribution >= 0.6 is 0 Å². The summed E-state index contributed by atoms with van der Waals surface area (Å²) < 4.78 is 5.02. The number of nitrogens with two attached hydrogens (primary N) is 1. The van der Waals surface area contributed by atoms with E-state index in [0.717, 1.165) is 5.56 Å². The fraction of sp³-hybridized carbons (Fsp3) is 0.278. The Morgan fingerprint density at radius 1 is 1.14 bits per heavy atom. The van der Waals surface area contributed by atoms with Gasteiger partial charge in [0.05, 0.1) is 13.0 Å². The van der Waals surface area contributed by atoms with Crippen LogP contribution < -0.4 is 5.73 Å². The van der Waals surface area contributed by atoms with Gasteiger partial charge in [0, 0.05) is 5.92 Å². The second kappa shape index (κ2) is 7.20. The summed E-state index contributed by atoms with van der Waals surface area (Å²) in [5.41, 5.74) is 5.91. The molecule has 0 aliphatic heterocycles. The lowest BCUT2D eigenvalue weighted by molar-refractivity contribution is -0.145. The molecule has 116 valence electrons. The summed E-state index contributed by atoms with van der Waals surface area (Å²) in [7, 11) is 0. The van der Waals surface area contributed by atoms with Crippen molar-refractivity contribution in [1.29, 1.82) is 0 Å². The molecule has 3 N–H and O–H groups in total. The average Bonchev–Trinajstić information content (AvgIpc) is 2.54. The van der Waals surface area contributed by atoms with Crippen molar-refractivity contribution in [2.45, 2.75) is 25.0 Å². The van der Waals surface area contributed by atoms with Gasteiger partial charge in [-0.05, 0) is 18.1 Å². The van der Waals surface area contributed by atoms with Gasteiger partial charge in [0.15, 0.2) is 0 Å². The van der Waals surface area contributed by atoms with Crippen molar-refractivity contribution in [2.75, 3.05) is 6.61 Å². The van der Waals surface area contributed by atoms with Gasteiger partial charge < -0.3 is 9.84 Å². The number of benzene rings is 2. The zero-order valence-electron chi connectivity index (χ0n) is 12.6. The number of esters is 1. The van der Waals surface area contributed by atoms with Crippen LogP contribution in [-0.2, 0) is 15.3 Å². The summed E-state index contributed by atoms with van der Waals surface area (Å²) in [6.45, 7) is 2.05. The molecule has 0 amide bonds. The summed E-state index contributed by atoms with van der Waals surface area (Å²) >= 11 is 0. The summed E-state index contributed by atoms with van der Waals surface area (Å²) in [4.78, 5) is 11.9. The highest BCUT2D eigenvalue weighted by Gasteiger charge is 2.37. The molecule has 0 aliphatic carbocycles. The maximum absolute atomic E-state index is 11.9. The highest BCUT2D eigenvalue weighted by molar-refractivity contribution is 5.71. The molecule has 2 atom stereocenters. The number of ether oxygens (including phenoxy) is 1. The SMILES string of the molecule is CCOC(=O)C[C@H](c1ccccc1)[C@](N)(O)c1ccccc1. The zero-order valence-corrected chi connectivity index (χ0v) is 12.6. The molecule has 2 aromatic rings. The Hall–Kier alpha value is -2.17. The Kier molecular flexibility index (Phi) is 5.31. The topological polar surface area (TPSA) is 72.5 Å². The first kappa shape index (κ1) is 16.2. The fourth-order valence-electron chi connectivity index (χ4n) is 2.51. The largest absolute Gasteiger partial charge is 0.466 e. The highest BCUT2D eigenvalue weighted by atomic mass is 16.5. The predicted molar refractivity (Wildman–Crippen MR) is 85.0 cm³/mol. The third kappa shape index (κ3) is 3.72. The van der Waals surface area contributed by atoms with E-state index < -0.39 is 11.6 Å². The van der Waals surface area contributed by atoms with Crippen LogP contribution in [0.1, 0.15) is 30.4 Å². The van der Waals surface area contributed by atoms with E-state index in [4.69, 9.17) is 10.5 Å².